The zero-order chi connectivity index (χ0) is 11.1. The summed E-state index contributed by atoms with van der Waals surface area (Å²) >= 11 is 1.68. The minimum atomic E-state index is -0.187. The van der Waals surface area contributed by atoms with Crippen LogP contribution in [0, 0.1) is 5.41 Å². The molecule has 82 valence electrons. The van der Waals surface area contributed by atoms with Crippen LogP contribution in [0.5, 0.6) is 0 Å². The van der Waals surface area contributed by atoms with E-state index in [4.69, 9.17) is 9.31 Å². The van der Waals surface area contributed by atoms with E-state index in [-0.39, 0.29) is 18.1 Å². The molecule has 2 heterocycles. The van der Waals surface area contributed by atoms with Gasteiger partial charge in [0, 0.05) is 16.8 Å². The minimum absolute atomic E-state index is 0.0563. The molecule has 0 spiro atoms. The van der Waals surface area contributed by atoms with Crippen LogP contribution in [0.1, 0.15) is 27.7 Å². The van der Waals surface area contributed by atoms with Crippen molar-refractivity contribution in [1.29, 1.82) is 0 Å². The molecule has 2 rings (SSSR count). The average Bonchev–Trinajstić information content (AvgIpc) is 2.62. The predicted molar refractivity (Wildman–Crippen MR) is 64.6 cm³/mol. The SMILES string of the molecule is CC1(C)COB(c2cccs2)OC1(C)C. The molecule has 0 saturated carbocycles. The monoisotopic (exact) mass is 224 g/mol. The van der Waals surface area contributed by atoms with Gasteiger partial charge in [0.25, 0.3) is 0 Å². The van der Waals surface area contributed by atoms with E-state index in [9.17, 15) is 0 Å². The van der Waals surface area contributed by atoms with E-state index < -0.39 is 0 Å². The Kier molecular flexibility index (Phi) is 2.69. The maximum Gasteiger partial charge on any atom is 0.504 e. The second-order valence-corrected chi connectivity index (χ2v) is 6.15. The van der Waals surface area contributed by atoms with Gasteiger partial charge in [0.1, 0.15) is 0 Å². The second-order valence-electron chi connectivity index (χ2n) is 5.17. The summed E-state index contributed by atoms with van der Waals surface area (Å²) in [6.45, 7) is 9.37. The van der Waals surface area contributed by atoms with Crippen molar-refractivity contribution in [3.05, 3.63) is 17.5 Å². The van der Waals surface area contributed by atoms with E-state index in [2.05, 4.69) is 39.1 Å². The normalized spacial score (nSPS) is 24.1. The van der Waals surface area contributed by atoms with Crippen LogP contribution in [0.15, 0.2) is 17.5 Å². The molecule has 15 heavy (non-hydrogen) atoms. The Balaban J connectivity index is 2.16. The molecule has 0 unspecified atom stereocenters. The van der Waals surface area contributed by atoms with Crippen LogP contribution in [-0.4, -0.2) is 19.3 Å². The Morgan fingerprint density at radius 1 is 1.33 bits per heavy atom. The first kappa shape index (κ1) is 11.2. The fourth-order valence-corrected chi connectivity index (χ4v) is 2.18. The number of hydrogen-bond acceptors (Lipinski definition) is 3. The van der Waals surface area contributed by atoms with Crippen molar-refractivity contribution in [3.63, 3.8) is 0 Å². The number of rotatable bonds is 1. The molecule has 1 saturated heterocycles. The van der Waals surface area contributed by atoms with Gasteiger partial charge in [0.05, 0.1) is 5.60 Å². The first-order chi connectivity index (χ1) is 6.92. The molecule has 0 aromatic carbocycles. The average molecular weight is 224 g/mol. The summed E-state index contributed by atoms with van der Waals surface area (Å²) in [6.07, 6.45) is 0. The molecule has 0 aliphatic carbocycles. The third kappa shape index (κ3) is 1.98. The smallest absolute Gasteiger partial charge is 0.406 e. The summed E-state index contributed by atoms with van der Waals surface area (Å²) in [5, 5.41) is 2.05. The van der Waals surface area contributed by atoms with Gasteiger partial charge in [-0.2, -0.15) is 11.3 Å². The van der Waals surface area contributed by atoms with Gasteiger partial charge >= 0.3 is 7.12 Å². The fraction of sp³-hybridized carbons (Fsp3) is 0.636. The molecule has 4 heteroatoms. The first-order valence-corrected chi connectivity index (χ1v) is 6.13. The minimum Gasteiger partial charge on any atom is -0.406 e. The zero-order valence-corrected chi connectivity index (χ0v) is 10.6. The lowest BCUT2D eigenvalue weighted by Crippen LogP contribution is -2.57. The van der Waals surface area contributed by atoms with E-state index in [0.29, 0.717) is 0 Å². The quantitative estimate of drug-likeness (QED) is 0.681. The van der Waals surface area contributed by atoms with Crippen molar-refractivity contribution in [2.45, 2.75) is 33.3 Å². The highest BCUT2D eigenvalue weighted by Crippen LogP contribution is 2.38. The summed E-state index contributed by atoms with van der Waals surface area (Å²) in [6, 6.07) is 4.09. The van der Waals surface area contributed by atoms with Crippen LogP contribution < -0.4 is 4.78 Å². The molecule has 1 fully saturated rings. The van der Waals surface area contributed by atoms with Gasteiger partial charge in [0.15, 0.2) is 0 Å². The Bertz CT molecular complexity index is 332. The van der Waals surface area contributed by atoms with Crippen molar-refractivity contribution < 1.29 is 9.31 Å². The Labute approximate surface area is 95.7 Å². The number of thiophene rings is 1. The van der Waals surface area contributed by atoms with E-state index in [1.165, 1.54) is 0 Å². The maximum absolute atomic E-state index is 6.02. The van der Waals surface area contributed by atoms with Crippen molar-refractivity contribution in [2.24, 2.45) is 5.41 Å². The van der Waals surface area contributed by atoms with Crippen molar-refractivity contribution in [2.75, 3.05) is 6.61 Å². The van der Waals surface area contributed by atoms with Gasteiger partial charge in [-0.05, 0) is 19.2 Å². The summed E-state index contributed by atoms with van der Waals surface area (Å²) < 4.78 is 12.9. The van der Waals surface area contributed by atoms with Gasteiger partial charge in [-0.15, -0.1) is 0 Å². The summed E-state index contributed by atoms with van der Waals surface area (Å²) in [5.41, 5.74) is -0.0966. The van der Waals surface area contributed by atoms with Gasteiger partial charge in [-0.1, -0.05) is 26.0 Å². The van der Waals surface area contributed by atoms with E-state index in [0.717, 1.165) is 11.4 Å². The first-order valence-electron chi connectivity index (χ1n) is 5.25. The van der Waals surface area contributed by atoms with E-state index >= 15 is 0 Å². The summed E-state index contributed by atoms with van der Waals surface area (Å²) in [7, 11) is -0.187. The van der Waals surface area contributed by atoms with Crippen LogP contribution in [0.4, 0.5) is 0 Å². The van der Waals surface area contributed by atoms with Gasteiger partial charge in [0.2, 0.25) is 0 Å². The third-order valence-corrected chi connectivity index (χ3v) is 4.30. The molecule has 1 aromatic heterocycles. The van der Waals surface area contributed by atoms with E-state index in [1.54, 1.807) is 11.3 Å². The van der Waals surface area contributed by atoms with Crippen LogP contribution in [-0.2, 0) is 9.31 Å². The standard InChI is InChI=1S/C11H17BO2S/c1-10(2)8-13-12(14-11(10,3)4)9-6-5-7-15-9/h5-7H,8H2,1-4H3. The lowest BCUT2D eigenvalue weighted by molar-refractivity contribution is -0.0935. The van der Waals surface area contributed by atoms with Gasteiger partial charge in [-0.3, -0.25) is 0 Å². The maximum atomic E-state index is 6.02. The Hall–Kier alpha value is -0.315. The topological polar surface area (TPSA) is 18.5 Å². The lowest BCUT2D eigenvalue weighted by Gasteiger charge is -2.47. The summed E-state index contributed by atoms with van der Waals surface area (Å²) in [4.78, 5) is 0. The predicted octanol–water partition coefficient (Wildman–Crippen LogP) is 2.29. The Morgan fingerprint density at radius 3 is 2.60 bits per heavy atom. The van der Waals surface area contributed by atoms with E-state index in [1.807, 2.05) is 6.07 Å². The lowest BCUT2D eigenvalue weighted by atomic mass is 9.71. The van der Waals surface area contributed by atoms with Crippen LogP contribution >= 0.6 is 11.3 Å². The molecule has 0 radical (unpaired) electrons. The molecule has 0 amide bonds. The molecule has 0 bridgehead atoms. The van der Waals surface area contributed by atoms with Crippen molar-refractivity contribution in [3.8, 4) is 0 Å². The summed E-state index contributed by atoms with van der Waals surface area (Å²) in [5.74, 6) is 0. The molecule has 1 aliphatic heterocycles. The molecule has 1 aliphatic rings. The molecular weight excluding hydrogens is 207 g/mol. The molecule has 0 N–H and O–H groups in total. The Morgan fingerprint density at radius 2 is 2.07 bits per heavy atom. The largest absolute Gasteiger partial charge is 0.504 e. The van der Waals surface area contributed by atoms with Crippen molar-refractivity contribution >= 4 is 23.2 Å². The highest BCUT2D eigenvalue weighted by atomic mass is 32.1. The van der Waals surface area contributed by atoms with Gasteiger partial charge < -0.3 is 9.31 Å². The molecule has 1 aromatic rings. The fourth-order valence-electron chi connectivity index (χ4n) is 1.48. The van der Waals surface area contributed by atoms with Crippen LogP contribution in [0.25, 0.3) is 0 Å². The third-order valence-electron chi connectivity index (χ3n) is 3.40. The van der Waals surface area contributed by atoms with Crippen molar-refractivity contribution in [1.82, 2.24) is 0 Å². The number of hydrogen-bond donors (Lipinski definition) is 0. The second kappa shape index (κ2) is 3.61. The highest BCUT2D eigenvalue weighted by molar-refractivity contribution is 7.20. The zero-order valence-electron chi connectivity index (χ0n) is 9.74. The molecule has 0 atom stereocenters. The van der Waals surface area contributed by atoms with Crippen LogP contribution in [0.3, 0.4) is 0 Å². The molecular formula is C11H17BO2S. The van der Waals surface area contributed by atoms with Gasteiger partial charge in [-0.25, -0.2) is 0 Å². The molecule has 2 nitrogen and oxygen atoms in total. The highest BCUT2D eigenvalue weighted by Gasteiger charge is 2.47. The van der Waals surface area contributed by atoms with Crippen LogP contribution in [0.2, 0.25) is 0 Å².